The fourth-order valence-electron chi connectivity index (χ4n) is 5.06. The van der Waals surface area contributed by atoms with E-state index in [1.165, 1.54) is 6.33 Å². The summed E-state index contributed by atoms with van der Waals surface area (Å²) in [5, 5.41) is 5.48. The van der Waals surface area contributed by atoms with E-state index < -0.39 is 28.9 Å². The van der Waals surface area contributed by atoms with Gasteiger partial charge < -0.3 is 35.3 Å². The molecule has 0 radical (unpaired) electrons. The minimum atomic E-state index is -1.20. The molecule has 2 atom stereocenters. The zero-order valence-corrected chi connectivity index (χ0v) is 26.2. The Morgan fingerprint density at radius 3 is 2.32 bits per heavy atom. The lowest BCUT2D eigenvalue weighted by atomic mass is 9.88. The van der Waals surface area contributed by atoms with E-state index in [0.29, 0.717) is 24.8 Å². The fraction of sp³-hybridized carbons (Fsp3) is 0.455. The van der Waals surface area contributed by atoms with Crippen molar-refractivity contribution in [3.05, 3.63) is 78.2 Å². The van der Waals surface area contributed by atoms with Crippen molar-refractivity contribution in [1.29, 1.82) is 0 Å². The number of benzene rings is 2. The van der Waals surface area contributed by atoms with Gasteiger partial charge in [0.1, 0.15) is 17.3 Å². The van der Waals surface area contributed by atoms with Crippen LogP contribution in [0.5, 0.6) is 5.75 Å². The predicted molar refractivity (Wildman–Crippen MR) is 168 cm³/mol. The van der Waals surface area contributed by atoms with Crippen LogP contribution < -0.4 is 21.1 Å². The molecule has 4 N–H and O–H groups in total. The van der Waals surface area contributed by atoms with Gasteiger partial charge in [-0.2, -0.15) is 0 Å². The van der Waals surface area contributed by atoms with Crippen LogP contribution in [-0.4, -0.2) is 70.6 Å². The van der Waals surface area contributed by atoms with Gasteiger partial charge in [0, 0.05) is 19.3 Å². The number of imidazole rings is 1. The molecule has 2 aromatic carbocycles. The number of rotatable bonds is 12. The molecule has 0 spiro atoms. The molecule has 1 aromatic heterocycles. The largest absolute Gasteiger partial charge is 0.497 e. The van der Waals surface area contributed by atoms with Crippen LogP contribution in [0.15, 0.2) is 67.1 Å². The van der Waals surface area contributed by atoms with Crippen LogP contribution in [0.4, 0.5) is 5.82 Å². The Morgan fingerprint density at radius 1 is 1.05 bits per heavy atom. The Bertz CT molecular complexity index is 1410. The maximum absolute atomic E-state index is 14.2. The second-order valence-electron chi connectivity index (χ2n) is 12.2. The van der Waals surface area contributed by atoms with Crippen molar-refractivity contribution in [2.75, 3.05) is 32.1 Å². The minimum Gasteiger partial charge on any atom is -0.497 e. The minimum absolute atomic E-state index is 0.0607. The summed E-state index contributed by atoms with van der Waals surface area (Å²) in [4.78, 5) is 46.6. The standard InChI is InChI=1S/C33H44N6O5/c1-23-15-17-38(18-16-23)31(42)33(4,25-11-13-26(43-5)14-12-25)39-19-28(35-22-39)37-29(40)27(36-30(41)32(2,3)34)21-44-20-24-9-7-6-8-10-24/h6-14,19,22-23,27H,15-18,20-21,34H2,1-5H3,(H,36,41)(H,37,40)/t27-,33?/m1/s1. The summed E-state index contributed by atoms with van der Waals surface area (Å²) < 4.78 is 12.8. The number of nitrogens with zero attached hydrogens (tertiary/aromatic N) is 3. The van der Waals surface area contributed by atoms with E-state index in [2.05, 4.69) is 22.5 Å². The number of anilines is 1. The molecule has 2 heterocycles. The summed E-state index contributed by atoms with van der Waals surface area (Å²) in [5.74, 6) is 0.385. The topological polar surface area (TPSA) is 141 Å². The Labute approximate surface area is 259 Å². The smallest absolute Gasteiger partial charge is 0.253 e. The molecule has 236 valence electrons. The van der Waals surface area contributed by atoms with Gasteiger partial charge in [-0.15, -0.1) is 0 Å². The molecule has 1 saturated heterocycles. The van der Waals surface area contributed by atoms with Gasteiger partial charge in [0.25, 0.3) is 11.8 Å². The van der Waals surface area contributed by atoms with Crippen LogP contribution >= 0.6 is 0 Å². The number of carbonyl (C=O) groups excluding carboxylic acids is 3. The second kappa shape index (κ2) is 14.0. The molecule has 4 rings (SSSR count). The molecule has 1 unspecified atom stereocenters. The highest BCUT2D eigenvalue weighted by Gasteiger charge is 2.41. The first-order valence-corrected chi connectivity index (χ1v) is 14.9. The van der Waals surface area contributed by atoms with Gasteiger partial charge in [-0.05, 0) is 62.8 Å². The molecule has 3 aromatic rings. The first-order chi connectivity index (χ1) is 20.9. The number of hydrogen-bond acceptors (Lipinski definition) is 7. The summed E-state index contributed by atoms with van der Waals surface area (Å²) in [7, 11) is 1.59. The van der Waals surface area contributed by atoms with E-state index >= 15 is 0 Å². The third-order valence-electron chi connectivity index (χ3n) is 8.09. The van der Waals surface area contributed by atoms with Gasteiger partial charge >= 0.3 is 0 Å². The van der Waals surface area contributed by atoms with Crippen LogP contribution in [0.3, 0.4) is 0 Å². The summed E-state index contributed by atoms with van der Waals surface area (Å²) in [6, 6.07) is 15.9. The normalized spacial score (nSPS) is 16.1. The van der Waals surface area contributed by atoms with Crippen molar-refractivity contribution in [2.24, 2.45) is 11.7 Å². The lowest BCUT2D eigenvalue weighted by molar-refractivity contribution is -0.139. The maximum atomic E-state index is 14.2. The average Bonchev–Trinajstić information content (AvgIpc) is 3.49. The Hall–Kier alpha value is -4.22. The number of hydrogen-bond donors (Lipinski definition) is 3. The highest BCUT2D eigenvalue weighted by molar-refractivity contribution is 5.98. The van der Waals surface area contributed by atoms with E-state index in [-0.39, 0.29) is 24.9 Å². The van der Waals surface area contributed by atoms with E-state index in [1.807, 2.05) is 66.4 Å². The number of likely N-dealkylation sites (tertiary alicyclic amines) is 1. The first-order valence-electron chi connectivity index (χ1n) is 14.9. The molecule has 11 nitrogen and oxygen atoms in total. The monoisotopic (exact) mass is 604 g/mol. The third kappa shape index (κ3) is 7.83. The van der Waals surface area contributed by atoms with Gasteiger partial charge in [0.15, 0.2) is 5.82 Å². The van der Waals surface area contributed by atoms with Gasteiger partial charge in [0.2, 0.25) is 5.91 Å². The quantitative estimate of drug-likeness (QED) is 0.288. The summed E-state index contributed by atoms with van der Waals surface area (Å²) in [6.07, 6.45) is 5.04. The van der Waals surface area contributed by atoms with Crippen molar-refractivity contribution in [1.82, 2.24) is 19.8 Å². The number of piperidine rings is 1. The van der Waals surface area contributed by atoms with Crippen LogP contribution in [0.2, 0.25) is 0 Å². The van der Waals surface area contributed by atoms with E-state index in [1.54, 1.807) is 31.7 Å². The molecule has 0 saturated carbocycles. The van der Waals surface area contributed by atoms with Crippen molar-refractivity contribution >= 4 is 23.5 Å². The number of nitrogens with one attached hydrogen (secondary N) is 2. The molecule has 1 aliphatic rings. The SMILES string of the molecule is COc1ccc(C(C)(C(=O)N2CCC(C)CC2)n2cnc(NC(=O)[C@@H](COCc3ccccc3)NC(=O)C(C)(C)N)c2)cc1. The lowest BCUT2D eigenvalue weighted by Crippen LogP contribution is -2.56. The highest BCUT2D eigenvalue weighted by Crippen LogP contribution is 2.32. The third-order valence-corrected chi connectivity index (χ3v) is 8.09. The number of carbonyl (C=O) groups is 3. The number of nitrogens with two attached hydrogens (primary N) is 1. The molecule has 11 heteroatoms. The van der Waals surface area contributed by atoms with E-state index in [9.17, 15) is 14.4 Å². The molecule has 1 fully saturated rings. The van der Waals surface area contributed by atoms with Crippen LogP contribution in [0.1, 0.15) is 51.7 Å². The number of aromatic nitrogens is 2. The van der Waals surface area contributed by atoms with Gasteiger partial charge in [-0.25, -0.2) is 4.98 Å². The van der Waals surface area contributed by atoms with E-state index in [0.717, 1.165) is 24.0 Å². The van der Waals surface area contributed by atoms with Crippen molar-refractivity contribution in [3.8, 4) is 5.75 Å². The molecule has 1 aliphatic heterocycles. The zero-order chi connectivity index (χ0) is 31.9. The average molecular weight is 605 g/mol. The van der Waals surface area contributed by atoms with Crippen molar-refractivity contribution < 1.29 is 23.9 Å². The predicted octanol–water partition coefficient (Wildman–Crippen LogP) is 3.29. The van der Waals surface area contributed by atoms with Crippen LogP contribution in [-0.2, 0) is 31.3 Å². The molecular formula is C33H44N6O5. The summed E-state index contributed by atoms with van der Waals surface area (Å²) >= 11 is 0. The Kier molecular flexibility index (Phi) is 10.4. The van der Waals surface area contributed by atoms with Gasteiger partial charge in [-0.3, -0.25) is 14.4 Å². The van der Waals surface area contributed by atoms with Gasteiger partial charge in [-0.1, -0.05) is 49.4 Å². The van der Waals surface area contributed by atoms with Crippen molar-refractivity contribution in [2.45, 2.75) is 64.3 Å². The molecule has 0 aliphatic carbocycles. The lowest BCUT2D eigenvalue weighted by Gasteiger charge is -2.39. The number of methoxy groups -OCH3 is 1. The van der Waals surface area contributed by atoms with Crippen LogP contribution in [0, 0.1) is 5.92 Å². The van der Waals surface area contributed by atoms with Gasteiger partial charge in [0.05, 0.1) is 32.2 Å². The number of amides is 3. The molecular weight excluding hydrogens is 560 g/mol. The Balaban J connectivity index is 1.56. The molecule has 44 heavy (non-hydrogen) atoms. The summed E-state index contributed by atoms with van der Waals surface area (Å²) in [6.45, 7) is 8.70. The number of ether oxygens (including phenoxy) is 2. The zero-order valence-electron chi connectivity index (χ0n) is 26.2. The molecule has 0 bridgehead atoms. The first kappa shape index (κ1) is 32.7. The summed E-state index contributed by atoms with van der Waals surface area (Å²) in [5.41, 5.74) is 5.32. The highest BCUT2D eigenvalue weighted by atomic mass is 16.5. The van der Waals surface area contributed by atoms with E-state index in [4.69, 9.17) is 15.2 Å². The maximum Gasteiger partial charge on any atom is 0.253 e. The molecule has 3 amide bonds. The Morgan fingerprint density at radius 2 is 1.70 bits per heavy atom. The van der Waals surface area contributed by atoms with Crippen LogP contribution in [0.25, 0.3) is 0 Å². The second-order valence-corrected chi connectivity index (χ2v) is 12.2. The fourth-order valence-corrected chi connectivity index (χ4v) is 5.06. The van der Waals surface area contributed by atoms with Crippen molar-refractivity contribution in [3.63, 3.8) is 0 Å².